The first-order valence-corrected chi connectivity index (χ1v) is 12.2. The van der Waals surface area contributed by atoms with Crippen LogP contribution in [0.15, 0.2) is 42.6 Å². The highest BCUT2D eigenvalue weighted by atomic mass is 16.1. The second-order valence-corrected chi connectivity index (χ2v) is 9.52. The fourth-order valence-corrected chi connectivity index (χ4v) is 5.31. The van der Waals surface area contributed by atoms with Crippen molar-refractivity contribution in [2.45, 2.75) is 52.5 Å². The average molecular weight is 465 g/mol. The monoisotopic (exact) mass is 464 g/mol. The Bertz CT molecular complexity index is 1580. The zero-order valence-electron chi connectivity index (χ0n) is 20.2. The Kier molecular flexibility index (Phi) is 5.13. The standard InChI is InChI=1S/C28H28N6O/c1-15-14-29-27(30-15)17(3)31-28(35)19-10-8-18(9-11-19)26-21-7-5-4-6-20(21)25-22(32-26)12-13-23-24(25)16(2)33-34-23/h8-14,17H,4-7H2,1-3H3,(H,29,30)(H,31,35)(H,33,34). The Morgan fingerprint density at radius 2 is 1.74 bits per heavy atom. The number of aromatic nitrogens is 5. The lowest BCUT2D eigenvalue weighted by Crippen LogP contribution is -2.27. The van der Waals surface area contributed by atoms with Crippen LogP contribution in [-0.2, 0) is 12.8 Å². The van der Waals surface area contributed by atoms with E-state index in [4.69, 9.17) is 4.98 Å². The van der Waals surface area contributed by atoms with E-state index in [0.717, 1.165) is 58.8 Å². The van der Waals surface area contributed by atoms with Crippen LogP contribution in [0, 0.1) is 13.8 Å². The molecule has 0 radical (unpaired) electrons. The first kappa shape index (κ1) is 21.5. The first-order chi connectivity index (χ1) is 17.0. The van der Waals surface area contributed by atoms with Crippen LogP contribution in [0.2, 0.25) is 0 Å². The third-order valence-corrected chi connectivity index (χ3v) is 7.08. The molecule has 1 amide bonds. The molecular weight excluding hydrogens is 436 g/mol. The van der Waals surface area contributed by atoms with E-state index >= 15 is 0 Å². The number of nitrogens with one attached hydrogen (secondary N) is 3. The van der Waals surface area contributed by atoms with Gasteiger partial charge in [0.05, 0.1) is 34.2 Å². The minimum atomic E-state index is -0.201. The van der Waals surface area contributed by atoms with E-state index in [0.29, 0.717) is 5.56 Å². The number of aromatic amines is 2. The molecule has 1 aliphatic rings. The van der Waals surface area contributed by atoms with Gasteiger partial charge >= 0.3 is 0 Å². The molecule has 176 valence electrons. The van der Waals surface area contributed by atoms with Gasteiger partial charge in [-0.25, -0.2) is 9.97 Å². The fourth-order valence-electron chi connectivity index (χ4n) is 5.31. The van der Waals surface area contributed by atoms with Crippen LogP contribution in [0.3, 0.4) is 0 Å². The second-order valence-electron chi connectivity index (χ2n) is 9.52. The highest BCUT2D eigenvalue weighted by Gasteiger charge is 2.22. The summed E-state index contributed by atoms with van der Waals surface area (Å²) in [6.45, 7) is 5.90. The maximum Gasteiger partial charge on any atom is 0.251 e. The van der Waals surface area contributed by atoms with Gasteiger partial charge in [-0.1, -0.05) is 12.1 Å². The number of nitrogens with zero attached hydrogens (tertiary/aromatic N) is 3. The van der Waals surface area contributed by atoms with Crippen molar-refractivity contribution in [1.29, 1.82) is 0 Å². The number of rotatable bonds is 4. The van der Waals surface area contributed by atoms with Gasteiger partial charge < -0.3 is 10.3 Å². The SMILES string of the molecule is Cc1c[nH]c(C(C)NC(=O)c2ccc(-c3nc4ccc5[nH]nc(C)c5c4c4c3CCCC4)cc2)n1. The molecule has 1 unspecified atom stereocenters. The number of pyridine rings is 1. The normalized spacial score (nSPS) is 14.3. The summed E-state index contributed by atoms with van der Waals surface area (Å²) in [5.74, 6) is 0.630. The zero-order valence-corrected chi connectivity index (χ0v) is 20.2. The quantitative estimate of drug-likeness (QED) is 0.328. The summed E-state index contributed by atoms with van der Waals surface area (Å²) in [5.41, 5.74) is 9.40. The number of H-pyrrole nitrogens is 2. The predicted octanol–water partition coefficient (Wildman–Crippen LogP) is 5.49. The number of benzene rings is 2. The largest absolute Gasteiger partial charge is 0.347 e. The second kappa shape index (κ2) is 8.34. The van der Waals surface area contributed by atoms with E-state index in [2.05, 4.69) is 44.5 Å². The Morgan fingerprint density at radius 3 is 2.49 bits per heavy atom. The zero-order chi connectivity index (χ0) is 24.1. The van der Waals surface area contributed by atoms with Gasteiger partial charge in [0.2, 0.25) is 0 Å². The molecule has 7 nitrogen and oxygen atoms in total. The van der Waals surface area contributed by atoms with E-state index in [9.17, 15) is 4.79 Å². The molecule has 0 saturated heterocycles. The number of imidazole rings is 1. The van der Waals surface area contributed by atoms with Crippen LogP contribution in [0.1, 0.15) is 64.5 Å². The van der Waals surface area contributed by atoms with Crippen molar-refractivity contribution >= 4 is 27.7 Å². The summed E-state index contributed by atoms with van der Waals surface area (Å²) < 4.78 is 0. The minimum absolute atomic E-state index is 0.121. The molecule has 0 aliphatic heterocycles. The molecule has 1 atom stereocenters. The van der Waals surface area contributed by atoms with Crippen molar-refractivity contribution < 1.29 is 4.79 Å². The number of aryl methyl sites for hydroxylation is 3. The third kappa shape index (κ3) is 3.67. The van der Waals surface area contributed by atoms with E-state index in [1.54, 1.807) is 0 Å². The molecule has 0 bridgehead atoms. The van der Waals surface area contributed by atoms with Crippen LogP contribution >= 0.6 is 0 Å². The molecule has 0 saturated carbocycles. The molecule has 3 N–H and O–H groups in total. The van der Waals surface area contributed by atoms with Gasteiger partial charge in [0.25, 0.3) is 5.91 Å². The first-order valence-electron chi connectivity index (χ1n) is 12.2. The third-order valence-electron chi connectivity index (χ3n) is 7.08. The van der Waals surface area contributed by atoms with Crippen molar-refractivity contribution in [1.82, 2.24) is 30.5 Å². The van der Waals surface area contributed by atoms with E-state index in [-0.39, 0.29) is 11.9 Å². The lowest BCUT2D eigenvalue weighted by Gasteiger charge is -2.22. The Hall–Kier alpha value is -4.00. The van der Waals surface area contributed by atoms with Crippen molar-refractivity contribution in [3.05, 3.63) is 76.5 Å². The highest BCUT2D eigenvalue weighted by molar-refractivity contribution is 6.09. The number of carbonyl (C=O) groups excluding carboxylic acids is 1. The van der Waals surface area contributed by atoms with Gasteiger partial charge in [-0.15, -0.1) is 0 Å². The predicted molar refractivity (Wildman–Crippen MR) is 137 cm³/mol. The lowest BCUT2D eigenvalue weighted by atomic mass is 9.85. The number of fused-ring (bicyclic) bond motifs is 5. The van der Waals surface area contributed by atoms with Crippen molar-refractivity contribution in [3.63, 3.8) is 0 Å². The van der Waals surface area contributed by atoms with Gasteiger partial charge in [-0.2, -0.15) is 5.10 Å². The Morgan fingerprint density at radius 1 is 0.971 bits per heavy atom. The van der Waals surface area contributed by atoms with Crippen LogP contribution in [0.5, 0.6) is 0 Å². The highest BCUT2D eigenvalue weighted by Crippen LogP contribution is 2.38. The van der Waals surface area contributed by atoms with E-state index < -0.39 is 0 Å². The molecule has 3 heterocycles. The molecule has 7 heteroatoms. The molecule has 5 aromatic rings. The fraction of sp³-hybridized carbons (Fsp3) is 0.286. The molecule has 2 aromatic carbocycles. The van der Waals surface area contributed by atoms with E-state index in [1.165, 1.54) is 28.3 Å². The van der Waals surface area contributed by atoms with Crippen LogP contribution < -0.4 is 5.32 Å². The van der Waals surface area contributed by atoms with Crippen molar-refractivity contribution in [2.24, 2.45) is 0 Å². The van der Waals surface area contributed by atoms with Crippen LogP contribution in [-0.4, -0.2) is 31.1 Å². The summed E-state index contributed by atoms with van der Waals surface area (Å²) in [7, 11) is 0. The van der Waals surface area contributed by atoms with Crippen molar-refractivity contribution in [3.8, 4) is 11.3 Å². The van der Waals surface area contributed by atoms with Gasteiger partial charge in [0.1, 0.15) is 5.82 Å². The number of hydrogen-bond donors (Lipinski definition) is 3. The lowest BCUT2D eigenvalue weighted by molar-refractivity contribution is 0.0938. The molecule has 35 heavy (non-hydrogen) atoms. The van der Waals surface area contributed by atoms with Gasteiger partial charge in [-0.05, 0) is 81.8 Å². The summed E-state index contributed by atoms with van der Waals surface area (Å²) in [5, 5.41) is 13.0. The number of hydrogen-bond acceptors (Lipinski definition) is 4. The van der Waals surface area contributed by atoms with Crippen LogP contribution in [0.4, 0.5) is 0 Å². The van der Waals surface area contributed by atoms with Gasteiger partial charge in [-0.3, -0.25) is 9.89 Å². The van der Waals surface area contributed by atoms with Crippen LogP contribution in [0.25, 0.3) is 33.1 Å². The Labute approximate surface area is 203 Å². The maximum absolute atomic E-state index is 12.8. The molecule has 1 aliphatic carbocycles. The molecule has 0 spiro atoms. The summed E-state index contributed by atoms with van der Waals surface area (Å²) in [6, 6.07) is 11.8. The molecule has 3 aromatic heterocycles. The Balaban J connectivity index is 1.37. The maximum atomic E-state index is 12.8. The van der Waals surface area contributed by atoms with Gasteiger partial charge in [0, 0.05) is 28.1 Å². The molecule has 6 rings (SSSR count). The smallest absolute Gasteiger partial charge is 0.251 e. The van der Waals surface area contributed by atoms with E-state index in [1.807, 2.05) is 44.3 Å². The number of amides is 1. The topological polar surface area (TPSA) is 99.3 Å². The average Bonchev–Trinajstić information content (AvgIpc) is 3.49. The number of carbonyl (C=O) groups is 1. The molecular formula is C28H28N6O. The summed E-state index contributed by atoms with van der Waals surface area (Å²) in [4.78, 5) is 25.5. The summed E-state index contributed by atoms with van der Waals surface area (Å²) in [6.07, 6.45) is 6.26. The minimum Gasteiger partial charge on any atom is -0.347 e. The summed E-state index contributed by atoms with van der Waals surface area (Å²) >= 11 is 0. The molecule has 0 fully saturated rings. The van der Waals surface area contributed by atoms with Gasteiger partial charge in [0.15, 0.2) is 0 Å². The van der Waals surface area contributed by atoms with Crippen molar-refractivity contribution in [2.75, 3.05) is 0 Å².